The predicted molar refractivity (Wildman–Crippen MR) is 120 cm³/mol. The summed E-state index contributed by atoms with van der Waals surface area (Å²) >= 11 is 2.20. The monoisotopic (exact) mass is 507 g/mol. The molecular formula is C22H22INO5. The lowest BCUT2D eigenvalue weighted by Crippen LogP contribution is -2.05. The Hall–Kier alpha value is -2.55. The molecular weight excluding hydrogens is 485 g/mol. The third kappa shape index (κ3) is 5.09. The highest BCUT2D eigenvalue weighted by Crippen LogP contribution is 2.35. The fourth-order valence-electron chi connectivity index (χ4n) is 2.70. The lowest BCUT2D eigenvalue weighted by Gasteiger charge is -2.14. The van der Waals surface area contributed by atoms with Gasteiger partial charge in [0.05, 0.1) is 23.9 Å². The van der Waals surface area contributed by atoms with Crippen LogP contribution in [0.15, 0.2) is 47.1 Å². The molecule has 29 heavy (non-hydrogen) atoms. The molecule has 0 spiro atoms. The molecule has 0 amide bonds. The smallest absolute Gasteiger partial charge is 0.363 e. The third-order valence-electron chi connectivity index (χ3n) is 4.04. The number of esters is 1. The Morgan fingerprint density at radius 3 is 2.55 bits per heavy atom. The summed E-state index contributed by atoms with van der Waals surface area (Å²) in [6, 6.07) is 10.9. The number of carbonyl (C=O) groups is 1. The van der Waals surface area contributed by atoms with Crippen LogP contribution in [0.3, 0.4) is 0 Å². The molecule has 0 aliphatic carbocycles. The van der Waals surface area contributed by atoms with E-state index >= 15 is 0 Å². The second-order valence-electron chi connectivity index (χ2n) is 6.18. The first-order chi connectivity index (χ1) is 14.0. The van der Waals surface area contributed by atoms with Gasteiger partial charge in [-0.15, -0.1) is 0 Å². The van der Waals surface area contributed by atoms with E-state index < -0.39 is 5.97 Å². The Bertz CT molecular complexity index is 950. The molecule has 0 atom stereocenters. The van der Waals surface area contributed by atoms with Crippen LogP contribution < -0.4 is 14.2 Å². The quantitative estimate of drug-likeness (QED) is 0.291. The number of benzene rings is 2. The SMILES string of the molecule is CCCOc1c(I)cc(/C=C2\N=C(c3ccc(OC)cc3)OC2=O)cc1OCC. The number of rotatable bonds is 8. The van der Waals surface area contributed by atoms with Gasteiger partial charge in [-0.1, -0.05) is 6.92 Å². The molecule has 2 aromatic rings. The molecule has 6 nitrogen and oxygen atoms in total. The van der Waals surface area contributed by atoms with Gasteiger partial charge in [-0.25, -0.2) is 9.79 Å². The van der Waals surface area contributed by atoms with Crippen LogP contribution in [0.1, 0.15) is 31.4 Å². The maximum Gasteiger partial charge on any atom is 0.363 e. The van der Waals surface area contributed by atoms with Gasteiger partial charge in [0.25, 0.3) is 0 Å². The highest BCUT2D eigenvalue weighted by Gasteiger charge is 2.24. The standard InChI is InChI=1S/C22H22INO5/c1-4-10-28-20-17(23)11-14(13-19(20)27-5-2)12-18-22(25)29-21(24-18)15-6-8-16(26-3)9-7-15/h6-9,11-13H,4-5,10H2,1-3H3/b18-12-. The van der Waals surface area contributed by atoms with Crippen LogP contribution in [0.2, 0.25) is 0 Å². The average Bonchev–Trinajstić information content (AvgIpc) is 3.08. The summed E-state index contributed by atoms with van der Waals surface area (Å²) in [5.74, 6) is 1.86. The van der Waals surface area contributed by atoms with Crippen molar-refractivity contribution in [1.82, 2.24) is 0 Å². The Labute approximate surface area is 183 Å². The normalized spacial score (nSPS) is 14.6. The van der Waals surface area contributed by atoms with Crippen molar-refractivity contribution in [1.29, 1.82) is 0 Å². The van der Waals surface area contributed by atoms with Crippen LogP contribution in [-0.4, -0.2) is 32.2 Å². The number of nitrogens with zero attached hydrogens (tertiary/aromatic N) is 1. The Morgan fingerprint density at radius 1 is 1.14 bits per heavy atom. The highest BCUT2D eigenvalue weighted by molar-refractivity contribution is 14.1. The molecule has 0 aromatic heterocycles. The Kier molecular flexibility index (Phi) is 7.13. The van der Waals surface area contributed by atoms with Crippen molar-refractivity contribution in [2.24, 2.45) is 4.99 Å². The van der Waals surface area contributed by atoms with Crippen LogP contribution in [0.4, 0.5) is 0 Å². The lowest BCUT2D eigenvalue weighted by molar-refractivity contribution is -0.129. The average molecular weight is 507 g/mol. The van der Waals surface area contributed by atoms with Gasteiger partial charge in [0, 0.05) is 5.56 Å². The molecule has 0 saturated heterocycles. The molecule has 0 radical (unpaired) electrons. The van der Waals surface area contributed by atoms with E-state index in [4.69, 9.17) is 18.9 Å². The first-order valence-corrected chi connectivity index (χ1v) is 10.4. The molecule has 1 heterocycles. The van der Waals surface area contributed by atoms with E-state index in [1.54, 1.807) is 37.5 Å². The molecule has 0 bridgehead atoms. The van der Waals surface area contributed by atoms with E-state index in [0.717, 1.165) is 21.3 Å². The van der Waals surface area contributed by atoms with Crippen LogP contribution in [-0.2, 0) is 9.53 Å². The van der Waals surface area contributed by atoms with Crippen molar-refractivity contribution in [2.45, 2.75) is 20.3 Å². The van der Waals surface area contributed by atoms with Crippen LogP contribution in [0.25, 0.3) is 6.08 Å². The topological polar surface area (TPSA) is 66.3 Å². The molecule has 7 heteroatoms. The number of methoxy groups -OCH3 is 1. The van der Waals surface area contributed by atoms with E-state index in [2.05, 4.69) is 34.5 Å². The number of carbonyl (C=O) groups excluding carboxylic acids is 1. The van der Waals surface area contributed by atoms with Crippen molar-refractivity contribution in [3.8, 4) is 17.2 Å². The van der Waals surface area contributed by atoms with E-state index in [1.807, 2.05) is 19.1 Å². The molecule has 3 rings (SSSR count). The van der Waals surface area contributed by atoms with E-state index in [0.29, 0.717) is 30.3 Å². The van der Waals surface area contributed by atoms with Crippen molar-refractivity contribution in [3.05, 3.63) is 56.8 Å². The summed E-state index contributed by atoms with van der Waals surface area (Å²) in [6.07, 6.45) is 2.59. The number of hydrogen-bond acceptors (Lipinski definition) is 6. The minimum Gasteiger partial charge on any atom is -0.497 e. The van der Waals surface area contributed by atoms with E-state index in [1.165, 1.54) is 0 Å². The van der Waals surface area contributed by atoms with Gasteiger partial charge in [-0.2, -0.15) is 0 Å². The molecule has 152 valence electrons. The maximum atomic E-state index is 12.3. The molecule has 0 N–H and O–H groups in total. The predicted octanol–water partition coefficient (Wildman–Crippen LogP) is 4.83. The summed E-state index contributed by atoms with van der Waals surface area (Å²) in [5, 5.41) is 0. The first kappa shape index (κ1) is 21.2. The first-order valence-electron chi connectivity index (χ1n) is 9.31. The summed E-state index contributed by atoms with van der Waals surface area (Å²) in [6.45, 7) is 5.09. The van der Waals surface area contributed by atoms with Gasteiger partial charge < -0.3 is 18.9 Å². The zero-order valence-corrected chi connectivity index (χ0v) is 18.7. The molecule has 1 aliphatic rings. The van der Waals surface area contributed by atoms with Gasteiger partial charge >= 0.3 is 5.97 Å². The van der Waals surface area contributed by atoms with Crippen LogP contribution in [0.5, 0.6) is 17.2 Å². The van der Waals surface area contributed by atoms with E-state index in [-0.39, 0.29) is 11.6 Å². The summed E-state index contributed by atoms with van der Waals surface area (Å²) in [5.41, 5.74) is 1.72. The zero-order chi connectivity index (χ0) is 20.8. The van der Waals surface area contributed by atoms with E-state index in [9.17, 15) is 4.79 Å². The van der Waals surface area contributed by atoms with Crippen molar-refractivity contribution in [2.75, 3.05) is 20.3 Å². The van der Waals surface area contributed by atoms with Gasteiger partial charge in [0.1, 0.15) is 5.75 Å². The van der Waals surface area contributed by atoms with Crippen molar-refractivity contribution in [3.63, 3.8) is 0 Å². The molecule has 0 fully saturated rings. The van der Waals surface area contributed by atoms with Crippen molar-refractivity contribution < 1.29 is 23.7 Å². The van der Waals surface area contributed by atoms with Gasteiger partial charge in [0.2, 0.25) is 5.90 Å². The maximum absolute atomic E-state index is 12.3. The largest absolute Gasteiger partial charge is 0.497 e. The fraction of sp³-hybridized carbons (Fsp3) is 0.273. The van der Waals surface area contributed by atoms with Gasteiger partial charge in [0.15, 0.2) is 17.2 Å². The Morgan fingerprint density at radius 2 is 1.90 bits per heavy atom. The summed E-state index contributed by atoms with van der Waals surface area (Å²) in [4.78, 5) is 16.7. The number of aliphatic imine (C=N–C) groups is 1. The molecule has 0 unspecified atom stereocenters. The summed E-state index contributed by atoms with van der Waals surface area (Å²) in [7, 11) is 1.60. The minimum absolute atomic E-state index is 0.233. The molecule has 0 saturated carbocycles. The summed E-state index contributed by atoms with van der Waals surface area (Å²) < 4.78 is 22.9. The fourth-order valence-corrected chi connectivity index (χ4v) is 3.48. The molecule has 2 aromatic carbocycles. The van der Waals surface area contributed by atoms with Crippen LogP contribution in [0, 0.1) is 3.57 Å². The second kappa shape index (κ2) is 9.78. The van der Waals surface area contributed by atoms with Gasteiger partial charge in [-0.05, 0) is 84.0 Å². The highest BCUT2D eigenvalue weighted by atomic mass is 127. The van der Waals surface area contributed by atoms with Crippen molar-refractivity contribution >= 4 is 40.5 Å². The van der Waals surface area contributed by atoms with Crippen LogP contribution >= 0.6 is 22.6 Å². The second-order valence-corrected chi connectivity index (χ2v) is 7.34. The van der Waals surface area contributed by atoms with Gasteiger partial charge in [-0.3, -0.25) is 0 Å². The number of ether oxygens (including phenoxy) is 4. The minimum atomic E-state index is -0.491. The number of halogens is 1. The Balaban J connectivity index is 1.91. The zero-order valence-electron chi connectivity index (χ0n) is 16.5. The lowest BCUT2D eigenvalue weighted by atomic mass is 10.1. The third-order valence-corrected chi connectivity index (χ3v) is 4.84. The number of cyclic esters (lactones) is 1. The number of hydrogen-bond donors (Lipinski definition) is 0. The molecule has 1 aliphatic heterocycles.